The molecule has 6 nitrogen and oxygen atoms in total. The van der Waals surface area contributed by atoms with Gasteiger partial charge in [0, 0.05) is 25.7 Å². The first-order valence-corrected chi connectivity index (χ1v) is 8.52. The smallest absolute Gasteiger partial charge is 0.407 e. The van der Waals surface area contributed by atoms with Gasteiger partial charge in [-0.2, -0.15) is 0 Å². The highest BCUT2D eigenvalue weighted by molar-refractivity contribution is 5.71. The SMILES string of the molecule is O=C(NC1CC(C(=O)O)CN(CC2CC2)C1)OCc1ccccc1. The molecule has 0 spiro atoms. The van der Waals surface area contributed by atoms with Gasteiger partial charge in [0.25, 0.3) is 0 Å². The molecule has 1 aromatic rings. The summed E-state index contributed by atoms with van der Waals surface area (Å²) in [5.74, 6) is -0.528. The molecule has 1 aliphatic carbocycles. The van der Waals surface area contributed by atoms with Crippen LogP contribution in [-0.2, 0) is 16.1 Å². The van der Waals surface area contributed by atoms with E-state index in [1.54, 1.807) is 0 Å². The Balaban J connectivity index is 1.49. The third-order valence-electron chi connectivity index (χ3n) is 4.62. The summed E-state index contributed by atoms with van der Waals surface area (Å²) < 4.78 is 5.24. The number of amides is 1. The van der Waals surface area contributed by atoms with Gasteiger partial charge in [0.15, 0.2) is 0 Å². The molecule has 0 bridgehead atoms. The van der Waals surface area contributed by atoms with Gasteiger partial charge in [-0.05, 0) is 30.7 Å². The number of likely N-dealkylation sites (tertiary alicyclic amines) is 1. The fraction of sp³-hybridized carbons (Fsp3) is 0.556. The van der Waals surface area contributed by atoms with Crippen molar-refractivity contribution in [3.8, 4) is 0 Å². The Hall–Kier alpha value is -2.08. The average molecular weight is 332 g/mol. The van der Waals surface area contributed by atoms with Crippen molar-refractivity contribution in [2.75, 3.05) is 19.6 Å². The second-order valence-corrected chi connectivity index (χ2v) is 6.84. The van der Waals surface area contributed by atoms with Gasteiger partial charge in [-0.25, -0.2) is 4.79 Å². The highest BCUT2D eigenvalue weighted by Crippen LogP contribution is 2.31. The quantitative estimate of drug-likeness (QED) is 0.834. The second kappa shape index (κ2) is 7.66. The minimum Gasteiger partial charge on any atom is -0.481 e. The lowest BCUT2D eigenvalue weighted by Crippen LogP contribution is -2.52. The maximum absolute atomic E-state index is 12.0. The first kappa shape index (κ1) is 16.8. The van der Waals surface area contributed by atoms with Crippen LogP contribution in [0.5, 0.6) is 0 Å². The van der Waals surface area contributed by atoms with Crippen LogP contribution in [0.1, 0.15) is 24.8 Å². The number of hydrogen-bond acceptors (Lipinski definition) is 4. The van der Waals surface area contributed by atoms with Crippen LogP contribution in [0.2, 0.25) is 0 Å². The topological polar surface area (TPSA) is 78.9 Å². The summed E-state index contributed by atoms with van der Waals surface area (Å²) >= 11 is 0. The molecule has 130 valence electrons. The first-order valence-electron chi connectivity index (χ1n) is 8.52. The van der Waals surface area contributed by atoms with Gasteiger partial charge in [0.1, 0.15) is 6.61 Å². The maximum Gasteiger partial charge on any atom is 0.407 e. The van der Waals surface area contributed by atoms with Crippen molar-refractivity contribution in [1.82, 2.24) is 10.2 Å². The van der Waals surface area contributed by atoms with Crippen LogP contribution < -0.4 is 5.32 Å². The van der Waals surface area contributed by atoms with Crippen molar-refractivity contribution in [2.45, 2.75) is 31.9 Å². The number of alkyl carbamates (subject to hydrolysis) is 1. The molecule has 0 aromatic heterocycles. The normalized spacial score (nSPS) is 24.3. The van der Waals surface area contributed by atoms with E-state index in [0.29, 0.717) is 25.4 Å². The fourth-order valence-corrected chi connectivity index (χ4v) is 3.22. The van der Waals surface area contributed by atoms with Gasteiger partial charge in [-0.3, -0.25) is 4.79 Å². The van der Waals surface area contributed by atoms with E-state index < -0.39 is 18.0 Å². The predicted octanol–water partition coefficient (Wildman–Crippen LogP) is 2.10. The number of carbonyl (C=O) groups is 2. The van der Waals surface area contributed by atoms with E-state index >= 15 is 0 Å². The Kier molecular flexibility index (Phi) is 5.35. The monoisotopic (exact) mass is 332 g/mol. The van der Waals surface area contributed by atoms with Crippen LogP contribution in [0.4, 0.5) is 4.79 Å². The Morgan fingerprint density at radius 2 is 1.96 bits per heavy atom. The van der Waals surface area contributed by atoms with E-state index in [1.807, 2.05) is 30.3 Å². The molecule has 0 radical (unpaired) electrons. The molecule has 3 rings (SSSR count). The average Bonchev–Trinajstić information content (AvgIpc) is 3.37. The number of carboxylic acid groups (broad SMARTS) is 1. The number of piperidine rings is 1. The zero-order chi connectivity index (χ0) is 16.9. The number of nitrogens with one attached hydrogen (secondary N) is 1. The molecule has 1 saturated heterocycles. The molecule has 2 fully saturated rings. The Bertz CT molecular complexity index is 574. The minimum absolute atomic E-state index is 0.179. The van der Waals surface area contributed by atoms with E-state index in [2.05, 4.69) is 10.2 Å². The van der Waals surface area contributed by atoms with Gasteiger partial charge < -0.3 is 20.1 Å². The molecule has 1 aromatic carbocycles. The summed E-state index contributed by atoms with van der Waals surface area (Å²) in [6.07, 6.45) is 2.43. The third kappa shape index (κ3) is 4.96. The van der Waals surface area contributed by atoms with Crippen molar-refractivity contribution < 1.29 is 19.4 Å². The van der Waals surface area contributed by atoms with Crippen LogP contribution in [0.3, 0.4) is 0 Å². The van der Waals surface area contributed by atoms with E-state index in [1.165, 1.54) is 12.8 Å². The molecule has 2 N–H and O–H groups in total. The van der Waals surface area contributed by atoms with Crippen molar-refractivity contribution in [1.29, 1.82) is 0 Å². The first-order chi connectivity index (χ1) is 11.6. The lowest BCUT2D eigenvalue weighted by molar-refractivity contribution is -0.144. The highest BCUT2D eigenvalue weighted by Gasteiger charge is 2.35. The van der Waals surface area contributed by atoms with Crippen molar-refractivity contribution in [3.05, 3.63) is 35.9 Å². The Morgan fingerprint density at radius 1 is 1.21 bits per heavy atom. The van der Waals surface area contributed by atoms with E-state index in [9.17, 15) is 14.7 Å². The van der Waals surface area contributed by atoms with Gasteiger partial charge in [-0.1, -0.05) is 30.3 Å². The predicted molar refractivity (Wildman–Crippen MR) is 88.5 cm³/mol. The molecule has 1 aliphatic heterocycles. The minimum atomic E-state index is -0.792. The number of benzene rings is 1. The number of ether oxygens (including phenoxy) is 1. The number of carbonyl (C=O) groups excluding carboxylic acids is 1. The Morgan fingerprint density at radius 3 is 2.62 bits per heavy atom. The summed E-state index contributed by atoms with van der Waals surface area (Å²) in [4.78, 5) is 25.5. The fourth-order valence-electron chi connectivity index (χ4n) is 3.22. The number of nitrogens with zero attached hydrogens (tertiary/aromatic N) is 1. The van der Waals surface area contributed by atoms with Crippen LogP contribution >= 0.6 is 0 Å². The molecule has 2 aliphatic rings. The van der Waals surface area contributed by atoms with Gasteiger partial charge in [0.2, 0.25) is 0 Å². The van der Waals surface area contributed by atoms with Crippen molar-refractivity contribution in [2.24, 2.45) is 11.8 Å². The largest absolute Gasteiger partial charge is 0.481 e. The van der Waals surface area contributed by atoms with Crippen LogP contribution in [0.15, 0.2) is 30.3 Å². The zero-order valence-corrected chi connectivity index (χ0v) is 13.7. The van der Waals surface area contributed by atoms with Gasteiger partial charge >= 0.3 is 12.1 Å². The molecule has 24 heavy (non-hydrogen) atoms. The van der Waals surface area contributed by atoms with Crippen molar-refractivity contribution in [3.63, 3.8) is 0 Å². The zero-order valence-electron chi connectivity index (χ0n) is 13.7. The summed E-state index contributed by atoms with van der Waals surface area (Å²) in [5.41, 5.74) is 0.926. The highest BCUT2D eigenvalue weighted by atomic mass is 16.5. The molecule has 6 heteroatoms. The molecular weight excluding hydrogens is 308 g/mol. The van der Waals surface area contributed by atoms with Gasteiger partial charge in [0.05, 0.1) is 5.92 Å². The second-order valence-electron chi connectivity index (χ2n) is 6.84. The summed E-state index contributed by atoms with van der Waals surface area (Å²) in [6, 6.07) is 9.31. The molecule has 1 saturated carbocycles. The summed E-state index contributed by atoms with van der Waals surface area (Å²) in [7, 11) is 0. The molecular formula is C18H24N2O4. The van der Waals surface area contributed by atoms with Crippen molar-refractivity contribution >= 4 is 12.1 Å². The summed E-state index contributed by atoms with van der Waals surface area (Å²) in [5, 5.41) is 12.2. The lowest BCUT2D eigenvalue weighted by Gasteiger charge is -2.36. The summed E-state index contributed by atoms with van der Waals surface area (Å²) in [6.45, 7) is 2.42. The van der Waals surface area contributed by atoms with E-state index in [4.69, 9.17) is 4.74 Å². The number of carboxylic acids is 1. The van der Waals surface area contributed by atoms with E-state index in [0.717, 1.165) is 12.1 Å². The van der Waals surface area contributed by atoms with E-state index in [-0.39, 0.29) is 12.6 Å². The molecule has 1 heterocycles. The van der Waals surface area contributed by atoms with Crippen LogP contribution in [0, 0.1) is 11.8 Å². The van der Waals surface area contributed by atoms with Crippen LogP contribution in [-0.4, -0.2) is 47.7 Å². The number of hydrogen-bond donors (Lipinski definition) is 2. The number of rotatable bonds is 6. The number of aliphatic carboxylic acids is 1. The maximum atomic E-state index is 12.0. The third-order valence-corrected chi connectivity index (χ3v) is 4.62. The van der Waals surface area contributed by atoms with Crippen LogP contribution in [0.25, 0.3) is 0 Å². The molecule has 2 unspecified atom stereocenters. The lowest BCUT2D eigenvalue weighted by atomic mass is 9.94. The van der Waals surface area contributed by atoms with Gasteiger partial charge in [-0.15, -0.1) is 0 Å². The Labute approximate surface area is 141 Å². The molecule has 2 atom stereocenters. The standard InChI is InChI=1S/C18H24N2O4/c21-17(22)15-8-16(11-20(10-15)9-13-6-7-13)19-18(23)24-12-14-4-2-1-3-5-14/h1-5,13,15-16H,6-12H2,(H,19,23)(H,21,22). The molecule has 1 amide bonds.